The van der Waals surface area contributed by atoms with Crippen LogP contribution in [0, 0.1) is 6.92 Å². The molecule has 0 atom stereocenters. The van der Waals surface area contributed by atoms with Gasteiger partial charge < -0.3 is 9.47 Å². The summed E-state index contributed by atoms with van der Waals surface area (Å²) in [4.78, 5) is 2.48. The average molecular weight is 387 g/mol. The van der Waals surface area contributed by atoms with E-state index in [0.717, 1.165) is 58.0 Å². The van der Waals surface area contributed by atoms with Crippen LogP contribution in [0.1, 0.15) is 71.1 Å². The molecule has 0 spiro atoms. The molecule has 3 nitrogen and oxygen atoms in total. The van der Waals surface area contributed by atoms with Gasteiger partial charge in [0.2, 0.25) is 0 Å². The summed E-state index contributed by atoms with van der Waals surface area (Å²) in [6, 6.07) is 4.73. The highest BCUT2D eigenvalue weighted by atomic mass is 24.3. The number of hydrogen-bond donors (Lipinski definition) is 0. The van der Waals surface area contributed by atoms with Gasteiger partial charge in [-0.15, -0.1) is 0 Å². The lowest BCUT2D eigenvalue weighted by molar-refractivity contribution is 0.0337. The number of hydrogen-bond acceptors (Lipinski definition) is 3. The lowest BCUT2D eigenvalue weighted by Crippen LogP contribution is -2.36. The Morgan fingerprint density at radius 1 is 1.04 bits per heavy atom. The second kappa shape index (κ2) is 10.5. The summed E-state index contributed by atoms with van der Waals surface area (Å²) >= 11 is 0. The molecule has 1 radical (unpaired) electrons. The Kier molecular flexibility index (Phi) is 9.60. The Labute approximate surface area is 183 Å². The quantitative estimate of drug-likeness (QED) is 0.540. The smallest absolute Gasteiger partial charge is 0.316 e. The molecule has 1 fully saturated rings. The predicted molar refractivity (Wildman–Crippen MR) is 119 cm³/mol. The van der Waals surface area contributed by atoms with E-state index in [1.165, 1.54) is 16.7 Å². The number of ether oxygens (including phenoxy) is 2. The fraction of sp³-hybridized carbons (Fsp3) is 0.696. The van der Waals surface area contributed by atoms with Crippen LogP contribution in [0.5, 0.6) is 5.75 Å². The highest BCUT2D eigenvalue weighted by Crippen LogP contribution is 2.39. The average Bonchev–Trinajstić information content (AvgIpc) is 2.55. The van der Waals surface area contributed by atoms with Crippen LogP contribution in [0.15, 0.2) is 12.1 Å². The first-order chi connectivity index (χ1) is 12.1. The third-order valence-electron chi connectivity index (χ3n) is 4.98. The predicted octanol–water partition coefficient (Wildman–Crippen LogP) is 4.19. The zero-order chi connectivity index (χ0) is 19.4. The highest BCUT2D eigenvalue weighted by Gasteiger charge is 2.27. The van der Waals surface area contributed by atoms with Crippen LogP contribution in [0.3, 0.4) is 0 Å². The molecular formula is C23H40MgNO2. The first kappa shape index (κ1) is 24.7. The van der Waals surface area contributed by atoms with E-state index >= 15 is 0 Å². The Hall–Kier alpha value is -0.294. The number of nitrogens with zero attached hydrogens (tertiary/aromatic N) is 1. The van der Waals surface area contributed by atoms with Crippen molar-refractivity contribution in [2.45, 2.75) is 71.8 Å². The minimum absolute atomic E-state index is 0. The molecule has 0 N–H and O–H groups in total. The van der Waals surface area contributed by atoms with Crippen molar-refractivity contribution in [3.8, 4) is 5.75 Å². The minimum atomic E-state index is 0. The van der Waals surface area contributed by atoms with E-state index in [2.05, 4.69) is 65.5 Å². The van der Waals surface area contributed by atoms with Crippen molar-refractivity contribution in [3.05, 3.63) is 35.7 Å². The maximum absolute atomic E-state index is 6.35. The summed E-state index contributed by atoms with van der Waals surface area (Å²) in [5, 5.41) is 0. The molecule has 1 aliphatic rings. The van der Waals surface area contributed by atoms with Crippen LogP contribution in [0.2, 0.25) is 0 Å². The fourth-order valence-corrected chi connectivity index (χ4v) is 3.24. The summed E-state index contributed by atoms with van der Waals surface area (Å²) in [6.45, 7) is 22.9. The molecule has 1 aromatic rings. The summed E-state index contributed by atoms with van der Waals surface area (Å²) < 4.78 is 11.9. The Morgan fingerprint density at radius 2 is 1.67 bits per heavy atom. The SMILES string of the molecule is [CH2]CCCOc1c(CN2CCOCC2)cc(C(C)(C)C)cc1C(C)(C)C.[MgH2]. The summed E-state index contributed by atoms with van der Waals surface area (Å²) in [5.74, 6) is 1.09. The molecule has 2 rings (SSSR count). The van der Waals surface area contributed by atoms with Gasteiger partial charge in [-0.05, 0) is 22.8 Å². The maximum atomic E-state index is 6.35. The van der Waals surface area contributed by atoms with Crippen molar-refractivity contribution in [2.75, 3.05) is 32.9 Å². The van der Waals surface area contributed by atoms with Crippen molar-refractivity contribution in [3.63, 3.8) is 0 Å². The number of unbranched alkanes of at least 4 members (excludes halogenated alkanes) is 1. The van der Waals surface area contributed by atoms with Gasteiger partial charge in [0.05, 0.1) is 19.8 Å². The van der Waals surface area contributed by atoms with Gasteiger partial charge in [-0.1, -0.05) is 67.0 Å². The van der Waals surface area contributed by atoms with E-state index < -0.39 is 0 Å². The zero-order valence-electron chi connectivity index (χ0n) is 17.8. The van der Waals surface area contributed by atoms with E-state index in [1.54, 1.807) is 0 Å². The van der Waals surface area contributed by atoms with Gasteiger partial charge in [-0.25, -0.2) is 0 Å². The number of rotatable bonds is 6. The van der Waals surface area contributed by atoms with Crippen LogP contribution >= 0.6 is 0 Å². The van der Waals surface area contributed by atoms with Crippen LogP contribution in [0.4, 0.5) is 0 Å². The Bertz CT molecular complexity index is 581. The highest BCUT2D eigenvalue weighted by molar-refractivity contribution is 5.75. The first-order valence-electron chi connectivity index (χ1n) is 10.0. The van der Waals surface area contributed by atoms with E-state index in [0.29, 0.717) is 0 Å². The molecule has 1 aliphatic heterocycles. The summed E-state index contributed by atoms with van der Waals surface area (Å²) in [6.07, 6.45) is 1.89. The molecule has 4 heteroatoms. The molecule has 0 aromatic heterocycles. The van der Waals surface area contributed by atoms with Crippen LogP contribution < -0.4 is 4.74 Å². The van der Waals surface area contributed by atoms with Gasteiger partial charge in [-0.3, -0.25) is 4.90 Å². The van der Waals surface area contributed by atoms with E-state index in [4.69, 9.17) is 9.47 Å². The molecule has 1 heterocycles. The monoisotopic (exact) mass is 386 g/mol. The second-order valence-electron chi connectivity index (χ2n) is 9.46. The fourth-order valence-electron chi connectivity index (χ4n) is 3.24. The van der Waals surface area contributed by atoms with Gasteiger partial charge in [0, 0.05) is 30.8 Å². The Morgan fingerprint density at radius 3 is 2.19 bits per heavy atom. The minimum Gasteiger partial charge on any atom is -0.493 e. The lowest BCUT2D eigenvalue weighted by atomic mass is 9.78. The maximum Gasteiger partial charge on any atom is 0.316 e. The molecule has 1 saturated heterocycles. The summed E-state index contributed by atoms with van der Waals surface area (Å²) in [7, 11) is 0. The zero-order valence-corrected chi connectivity index (χ0v) is 17.8. The van der Waals surface area contributed by atoms with Gasteiger partial charge >= 0.3 is 23.1 Å². The molecule has 0 unspecified atom stereocenters. The van der Waals surface area contributed by atoms with Crippen LogP contribution in [-0.4, -0.2) is 60.9 Å². The molecule has 151 valence electrons. The Balaban J connectivity index is 0.00000364. The molecule has 0 amide bonds. The first-order valence-corrected chi connectivity index (χ1v) is 10.0. The number of morpholine rings is 1. The third kappa shape index (κ3) is 7.23. The molecule has 0 saturated carbocycles. The lowest BCUT2D eigenvalue weighted by Gasteiger charge is -2.32. The van der Waals surface area contributed by atoms with Crippen LogP contribution in [0.25, 0.3) is 0 Å². The third-order valence-corrected chi connectivity index (χ3v) is 4.98. The van der Waals surface area contributed by atoms with E-state index in [9.17, 15) is 0 Å². The molecule has 27 heavy (non-hydrogen) atoms. The molecule has 0 bridgehead atoms. The topological polar surface area (TPSA) is 21.7 Å². The molecular weight excluding hydrogens is 347 g/mol. The summed E-state index contributed by atoms with van der Waals surface area (Å²) in [5.41, 5.74) is 4.17. The van der Waals surface area contributed by atoms with Crippen molar-refractivity contribution in [1.29, 1.82) is 0 Å². The van der Waals surface area contributed by atoms with Gasteiger partial charge in [0.25, 0.3) is 0 Å². The van der Waals surface area contributed by atoms with Gasteiger partial charge in [0.15, 0.2) is 0 Å². The normalized spacial score (nSPS) is 16.1. The van der Waals surface area contributed by atoms with Crippen molar-refractivity contribution >= 4 is 23.1 Å². The van der Waals surface area contributed by atoms with E-state index in [-0.39, 0.29) is 33.9 Å². The van der Waals surface area contributed by atoms with Crippen molar-refractivity contribution in [1.82, 2.24) is 4.90 Å². The van der Waals surface area contributed by atoms with E-state index in [1.807, 2.05) is 0 Å². The number of benzene rings is 1. The molecule has 0 aliphatic carbocycles. The molecule has 1 aromatic carbocycles. The van der Waals surface area contributed by atoms with Crippen LogP contribution in [-0.2, 0) is 22.1 Å². The largest absolute Gasteiger partial charge is 0.493 e. The second-order valence-corrected chi connectivity index (χ2v) is 9.46. The van der Waals surface area contributed by atoms with Gasteiger partial charge in [0.1, 0.15) is 5.75 Å². The van der Waals surface area contributed by atoms with Crippen molar-refractivity contribution < 1.29 is 9.47 Å². The van der Waals surface area contributed by atoms with Crippen molar-refractivity contribution in [2.24, 2.45) is 0 Å². The standard InChI is InChI=1S/C23H38NO2.Mg.2H/c1-8-9-12-26-21-18(17-24-10-13-25-14-11-24)15-19(22(2,3)4)16-20(21)23(5,6)7;;;/h15-16H,1,8-14,17H2,2-7H3;;;. The van der Waals surface area contributed by atoms with Gasteiger partial charge in [-0.2, -0.15) is 0 Å².